The van der Waals surface area contributed by atoms with E-state index in [1.165, 1.54) is 16.2 Å². The summed E-state index contributed by atoms with van der Waals surface area (Å²) in [4.78, 5) is 29.6. The first-order chi connectivity index (χ1) is 9.22. The van der Waals surface area contributed by atoms with E-state index >= 15 is 0 Å². The van der Waals surface area contributed by atoms with Crippen LogP contribution >= 0.6 is 11.3 Å². The Kier molecular flexibility index (Phi) is 5.50. The van der Waals surface area contributed by atoms with E-state index < -0.39 is 5.97 Å². The van der Waals surface area contributed by atoms with Crippen LogP contribution in [-0.2, 0) is 4.79 Å². The molecule has 1 atom stereocenters. The molecule has 0 saturated carbocycles. The fourth-order valence-corrected chi connectivity index (χ4v) is 2.85. The number of carboxylic acid groups (broad SMARTS) is 1. The van der Waals surface area contributed by atoms with Crippen LogP contribution in [0.4, 0.5) is 4.79 Å². The number of hydrogen-bond acceptors (Lipinski definition) is 4. The molecule has 0 bridgehead atoms. The van der Waals surface area contributed by atoms with Crippen molar-refractivity contribution in [1.29, 1.82) is 0 Å². The molecule has 2 N–H and O–H groups in total. The number of aryl methyl sites for hydroxylation is 2. The van der Waals surface area contributed by atoms with Gasteiger partial charge in [0, 0.05) is 10.9 Å². The van der Waals surface area contributed by atoms with E-state index in [2.05, 4.69) is 10.3 Å². The molecular formula is C13H21N3O3S. The van der Waals surface area contributed by atoms with Gasteiger partial charge in [0.25, 0.3) is 0 Å². The minimum atomic E-state index is -1.02. The quantitative estimate of drug-likeness (QED) is 0.874. The predicted molar refractivity (Wildman–Crippen MR) is 78.0 cm³/mol. The summed E-state index contributed by atoms with van der Waals surface area (Å²) in [7, 11) is 0. The standard InChI is InChI=1S/C13H21N3O3S/c1-7(2)16(6-11(17)18)13(19)15-9(4)12-8(3)14-10(5)20-12/h7,9H,6H2,1-5H3,(H,15,19)(H,17,18). The summed E-state index contributed by atoms with van der Waals surface area (Å²) in [5, 5.41) is 12.6. The molecule has 0 spiro atoms. The number of carboxylic acids is 1. The van der Waals surface area contributed by atoms with Crippen LogP contribution in [0.5, 0.6) is 0 Å². The van der Waals surface area contributed by atoms with Crippen LogP contribution in [-0.4, -0.2) is 39.6 Å². The summed E-state index contributed by atoms with van der Waals surface area (Å²) in [6.45, 7) is 8.96. The highest BCUT2D eigenvalue weighted by atomic mass is 32.1. The van der Waals surface area contributed by atoms with Crippen molar-refractivity contribution in [3.05, 3.63) is 15.6 Å². The first-order valence-electron chi connectivity index (χ1n) is 6.45. The number of carbonyl (C=O) groups excluding carboxylic acids is 1. The molecule has 1 unspecified atom stereocenters. The molecule has 0 radical (unpaired) electrons. The van der Waals surface area contributed by atoms with Crippen molar-refractivity contribution >= 4 is 23.3 Å². The summed E-state index contributed by atoms with van der Waals surface area (Å²) in [5.41, 5.74) is 0.898. The maximum atomic E-state index is 12.2. The van der Waals surface area contributed by atoms with E-state index in [9.17, 15) is 9.59 Å². The van der Waals surface area contributed by atoms with Gasteiger partial charge in [-0.1, -0.05) is 0 Å². The zero-order chi connectivity index (χ0) is 15.4. The Hall–Kier alpha value is -1.63. The molecule has 0 saturated heterocycles. The van der Waals surface area contributed by atoms with Crippen molar-refractivity contribution in [2.24, 2.45) is 0 Å². The summed E-state index contributed by atoms with van der Waals surface area (Å²) in [5.74, 6) is -1.02. The fourth-order valence-electron chi connectivity index (χ4n) is 1.92. The van der Waals surface area contributed by atoms with Crippen LogP contribution < -0.4 is 5.32 Å². The number of thiazole rings is 1. The lowest BCUT2D eigenvalue weighted by Gasteiger charge is -2.26. The molecule has 7 heteroatoms. The second-order valence-corrected chi connectivity index (χ2v) is 6.20. The smallest absolute Gasteiger partial charge is 0.323 e. The first kappa shape index (κ1) is 16.4. The van der Waals surface area contributed by atoms with Gasteiger partial charge in [-0.25, -0.2) is 9.78 Å². The molecule has 1 heterocycles. The summed E-state index contributed by atoms with van der Waals surface area (Å²) >= 11 is 1.54. The lowest BCUT2D eigenvalue weighted by molar-refractivity contribution is -0.138. The van der Waals surface area contributed by atoms with Crippen molar-refractivity contribution in [3.63, 3.8) is 0 Å². The number of hydrogen-bond donors (Lipinski definition) is 2. The van der Waals surface area contributed by atoms with Gasteiger partial charge in [-0.05, 0) is 34.6 Å². The van der Waals surface area contributed by atoms with Crippen LogP contribution in [0.15, 0.2) is 0 Å². The van der Waals surface area contributed by atoms with Crippen molar-refractivity contribution in [2.75, 3.05) is 6.54 Å². The Morgan fingerprint density at radius 1 is 1.35 bits per heavy atom. The maximum Gasteiger partial charge on any atom is 0.323 e. The van der Waals surface area contributed by atoms with Crippen molar-refractivity contribution in [1.82, 2.24) is 15.2 Å². The third-order valence-corrected chi connectivity index (χ3v) is 4.12. The van der Waals surface area contributed by atoms with Crippen molar-refractivity contribution in [2.45, 2.75) is 46.7 Å². The first-order valence-corrected chi connectivity index (χ1v) is 7.26. The normalized spacial score (nSPS) is 12.3. The maximum absolute atomic E-state index is 12.2. The number of urea groups is 1. The number of rotatable bonds is 5. The number of aromatic nitrogens is 1. The Morgan fingerprint density at radius 2 is 1.95 bits per heavy atom. The second kappa shape index (κ2) is 6.69. The summed E-state index contributed by atoms with van der Waals surface area (Å²) < 4.78 is 0. The van der Waals surface area contributed by atoms with Gasteiger partial charge in [0.1, 0.15) is 6.54 Å². The molecule has 6 nitrogen and oxygen atoms in total. The van der Waals surface area contributed by atoms with Gasteiger partial charge < -0.3 is 15.3 Å². The van der Waals surface area contributed by atoms with Crippen molar-refractivity contribution in [3.8, 4) is 0 Å². The number of amides is 2. The molecule has 0 aliphatic heterocycles. The highest BCUT2D eigenvalue weighted by Crippen LogP contribution is 2.24. The minimum Gasteiger partial charge on any atom is -0.480 e. The zero-order valence-electron chi connectivity index (χ0n) is 12.4. The third-order valence-electron chi connectivity index (χ3n) is 2.86. The second-order valence-electron chi connectivity index (χ2n) is 4.97. The average Bonchev–Trinajstić information content (AvgIpc) is 2.64. The van der Waals surface area contributed by atoms with E-state index in [-0.39, 0.29) is 24.7 Å². The van der Waals surface area contributed by atoms with Crippen LogP contribution in [0.2, 0.25) is 0 Å². The van der Waals surface area contributed by atoms with Gasteiger partial charge in [-0.3, -0.25) is 4.79 Å². The zero-order valence-corrected chi connectivity index (χ0v) is 13.2. The van der Waals surface area contributed by atoms with E-state index in [0.717, 1.165) is 15.6 Å². The highest BCUT2D eigenvalue weighted by molar-refractivity contribution is 7.11. The SMILES string of the molecule is Cc1nc(C)c(C(C)NC(=O)N(CC(=O)O)C(C)C)s1. The Balaban J connectivity index is 2.77. The van der Waals surface area contributed by atoms with Gasteiger partial charge >= 0.3 is 12.0 Å². The van der Waals surface area contributed by atoms with E-state index in [0.29, 0.717) is 0 Å². The molecular weight excluding hydrogens is 278 g/mol. The lowest BCUT2D eigenvalue weighted by atomic mass is 10.2. The molecule has 20 heavy (non-hydrogen) atoms. The Bertz CT molecular complexity index is 499. The van der Waals surface area contributed by atoms with Crippen LogP contribution in [0, 0.1) is 13.8 Å². The Labute approximate surface area is 122 Å². The molecule has 1 aromatic heterocycles. The van der Waals surface area contributed by atoms with Crippen LogP contribution in [0.3, 0.4) is 0 Å². The van der Waals surface area contributed by atoms with Crippen LogP contribution in [0.25, 0.3) is 0 Å². The summed E-state index contributed by atoms with van der Waals surface area (Å²) in [6.07, 6.45) is 0. The van der Waals surface area contributed by atoms with Gasteiger partial charge in [-0.15, -0.1) is 11.3 Å². The highest BCUT2D eigenvalue weighted by Gasteiger charge is 2.23. The lowest BCUT2D eigenvalue weighted by Crippen LogP contribution is -2.47. The van der Waals surface area contributed by atoms with E-state index in [4.69, 9.17) is 5.11 Å². The summed E-state index contributed by atoms with van der Waals surface area (Å²) in [6, 6.07) is -0.744. The number of nitrogens with zero attached hydrogens (tertiary/aromatic N) is 2. The topological polar surface area (TPSA) is 82.5 Å². The fraction of sp³-hybridized carbons (Fsp3) is 0.615. The monoisotopic (exact) mass is 299 g/mol. The minimum absolute atomic E-state index is 0.178. The molecule has 0 fully saturated rings. The van der Waals surface area contributed by atoms with Gasteiger partial charge in [0.15, 0.2) is 0 Å². The largest absolute Gasteiger partial charge is 0.480 e. The van der Waals surface area contributed by atoms with E-state index in [1.807, 2.05) is 20.8 Å². The molecule has 1 rings (SSSR count). The number of nitrogens with one attached hydrogen (secondary N) is 1. The van der Waals surface area contributed by atoms with Crippen LogP contribution in [0.1, 0.15) is 42.4 Å². The molecule has 1 aromatic rings. The van der Waals surface area contributed by atoms with Gasteiger partial charge in [0.05, 0.1) is 16.7 Å². The van der Waals surface area contributed by atoms with E-state index in [1.54, 1.807) is 13.8 Å². The molecule has 2 amide bonds. The molecule has 0 aromatic carbocycles. The molecule has 0 aliphatic carbocycles. The third kappa shape index (κ3) is 4.19. The number of carbonyl (C=O) groups is 2. The number of aliphatic carboxylic acids is 1. The van der Waals surface area contributed by atoms with Gasteiger partial charge in [-0.2, -0.15) is 0 Å². The molecule has 0 aliphatic rings. The van der Waals surface area contributed by atoms with Crippen molar-refractivity contribution < 1.29 is 14.7 Å². The van der Waals surface area contributed by atoms with Gasteiger partial charge in [0.2, 0.25) is 0 Å². The predicted octanol–water partition coefficient (Wildman–Crippen LogP) is 2.33. The molecule has 112 valence electrons. The average molecular weight is 299 g/mol. The Morgan fingerprint density at radius 3 is 2.35 bits per heavy atom.